The van der Waals surface area contributed by atoms with Gasteiger partial charge in [0.15, 0.2) is 5.08 Å². The van der Waals surface area contributed by atoms with Crippen LogP contribution in [0, 0.1) is 0 Å². The van der Waals surface area contributed by atoms with Crippen LogP contribution in [0.15, 0.2) is 22.4 Å². The van der Waals surface area contributed by atoms with Crippen LogP contribution >= 0.6 is 15.9 Å². The van der Waals surface area contributed by atoms with Crippen molar-refractivity contribution in [2.75, 3.05) is 13.7 Å². The Bertz CT molecular complexity index is 421. The molecule has 2 rings (SSSR count). The summed E-state index contributed by atoms with van der Waals surface area (Å²) in [6.45, 7) is -0.473. The molecule has 0 saturated heterocycles. The minimum absolute atomic E-state index is 0.0931. The van der Waals surface area contributed by atoms with Gasteiger partial charge in [-0.2, -0.15) is 18.2 Å². The van der Waals surface area contributed by atoms with Crippen LogP contribution in [0.4, 0.5) is 13.2 Å². The Morgan fingerprint density at radius 3 is 2.89 bits per heavy atom. The van der Waals surface area contributed by atoms with E-state index in [1.807, 2.05) is 0 Å². The molecule has 0 saturated carbocycles. The lowest BCUT2D eigenvalue weighted by atomic mass is 10.4. The van der Waals surface area contributed by atoms with E-state index in [-0.39, 0.29) is 11.0 Å². The highest BCUT2D eigenvalue weighted by molar-refractivity contribution is 9.09. The van der Waals surface area contributed by atoms with Crippen molar-refractivity contribution in [3.05, 3.63) is 12.4 Å². The van der Waals surface area contributed by atoms with Gasteiger partial charge in [0, 0.05) is 19.4 Å². The summed E-state index contributed by atoms with van der Waals surface area (Å²) in [7, 11) is 1.78. The van der Waals surface area contributed by atoms with E-state index in [0.29, 0.717) is 5.84 Å². The number of rotatable bonds is 2. The van der Waals surface area contributed by atoms with E-state index in [1.54, 1.807) is 23.3 Å². The smallest absolute Gasteiger partial charge is 0.392 e. The molecule has 9 heteroatoms. The number of halogens is 4. The van der Waals surface area contributed by atoms with Crippen molar-refractivity contribution in [2.45, 2.75) is 17.7 Å². The van der Waals surface area contributed by atoms with Crippen molar-refractivity contribution in [2.24, 2.45) is 9.98 Å². The molecule has 0 fully saturated rings. The van der Waals surface area contributed by atoms with Crippen LogP contribution in [0.3, 0.4) is 0 Å². The highest BCUT2D eigenvalue weighted by atomic mass is 79.9. The van der Waals surface area contributed by atoms with Crippen molar-refractivity contribution < 1.29 is 17.9 Å². The summed E-state index contributed by atoms with van der Waals surface area (Å²) in [6, 6.07) is 0. The molecule has 0 spiro atoms. The van der Waals surface area contributed by atoms with E-state index in [9.17, 15) is 13.2 Å². The summed E-state index contributed by atoms with van der Waals surface area (Å²) in [4.78, 5) is 8.07. The first-order valence-electron chi connectivity index (χ1n) is 5.07. The molecule has 0 radical (unpaired) electrons. The number of hydrogen-bond acceptors (Lipinski definition) is 5. The summed E-state index contributed by atoms with van der Waals surface area (Å²) in [5.74, 6) is 0.486. The third-order valence-corrected chi connectivity index (χ3v) is 3.11. The fourth-order valence-electron chi connectivity index (χ4n) is 1.41. The molecular weight excluding hydrogens is 317 g/mol. The van der Waals surface area contributed by atoms with Gasteiger partial charge in [-0.3, -0.25) is 5.01 Å². The van der Waals surface area contributed by atoms with Gasteiger partial charge in [0.25, 0.3) is 5.90 Å². The molecule has 0 aromatic rings. The topological polar surface area (TPSA) is 40.4 Å². The molecule has 5 nitrogen and oxygen atoms in total. The van der Waals surface area contributed by atoms with Crippen LogP contribution in [0.1, 0.15) is 6.42 Å². The second kappa shape index (κ2) is 4.88. The average Bonchev–Trinajstić information content (AvgIpc) is 2.55. The Balaban J connectivity index is 1.99. The Hall–Kier alpha value is -1.09. The van der Waals surface area contributed by atoms with Gasteiger partial charge in [0.2, 0.25) is 5.84 Å². The van der Waals surface area contributed by atoms with E-state index in [1.165, 1.54) is 6.20 Å². The summed E-state index contributed by atoms with van der Waals surface area (Å²) in [5.41, 5.74) is 0. The highest BCUT2D eigenvalue weighted by Crippen LogP contribution is 2.23. The number of nitrogens with zero attached hydrogens (tertiary/aromatic N) is 4. The standard InChI is InChI=1S/C9H10BrF3N4O/c1-16-8(10)15-6-7(14-3-4-17(6)16)18-5-2-9(11,12)13/h3-4,8H,2,5H2,1H3. The van der Waals surface area contributed by atoms with Crippen LogP contribution in [0.2, 0.25) is 0 Å². The van der Waals surface area contributed by atoms with E-state index in [0.717, 1.165) is 0 Å². The predicted molar refractivity (Wildman–Crippen MR) is 63.0 cm³/mol. The predicted octanol–water partition coefficient (Wildman–Crippen LogP) is 2.08. The van der Waals surface area contributed by atoms with Crippen LogP contribution in [-0.4, -0.2) is 46.7 Å². The zero-order chi connectivity index (χ0) is 13.3. The van der Waals surface area contributed by atoms with Gasteiger partial charge in [-0.1, -0.05) is 0 Å². The molecule has 1 atom stereocenters. The Morgan fingerprint density at radius 2 is 2.22 bits per heavy atom. The van der Waals surface area contributed by atoms with E-state index in [2.05, 4.69) is 25.9 Å². The Kier molecular flexibility index (Phi) is 3.62. The number of amidine groups is 1. The molecule has 1 unspecified atom stereocenters. The molecule has 0 aliphatic carbocycles. The van der Waals surface area contributed by atoms with Gasteiger partial charge in [-0.25, -0.2) is 9.98 Å². The third kappa shape index (κ3) is 2.83. The largest absolute Gasteiger partial charge is 0.475 e. The van der Waals surface area contributed by atoms with Crippen LogP contribution in [-0.2, 0) is 4.74 Å². The lowest BCUT2D eigenvalue weighted by Gasteiger charge is -2.26. The summed E-state index contributed by atoms with van der Waals surface area (Å²) < 4.78 is 41.1. The van der Waals surface area contributed by atoms with Crippen molar-refractivity contribution in [1.82, 2.24) is 10.0 Å². The first-order valence-corrected chi connectivity index (χ1v) is 5.98. The van der Waals surface area contributed by atoms with Crippen LogP contribution < -0.4 is 0 Å². The number of fused-ring (bicyclic) bond motifs is 1. The number of hydrogen-bond donors (Lipinski definition) is 0. The number of aliphatic imine (C=N–C) groups is 2. The number of ether oxygens (including phenoxy) is 1. The summed E-state index contributed by atoms with van der Waals surface area (Å²) >= 11 is 3.29. The molecule has 0 bridgehead atoms. The molecule has 0 amide bonds. The third-order valence-electron chi connectivity index (χ3n) is 2.31. The molecule has 0 N–H and O–H groups in total. The fourth-order valence-corrected chi connectivity index (χ4v) is 1.80. The molecule has 2 aliphatic heterocycles. The second-order valence-corrected chi connectivity index (χ2v) is 4.45. The van der Waals surface area contributed by atoms with E-state index in [4.69, 9.17) is 4.74 Å². The lowest BCUT2D eigenvalue weighted by Crippen LogP contribution is -2.41. The van der Waals surface area contributed by atoms with E-state index >= 15 is 0 Å². The normalized spacial score (nSPS) is 23.8. The minimum atomic E-state index is -4.24. The molecule has 2 aliphatic rings. The maximum Gasteiger partial charge on any atom is 0.392 e. The quantitative estimate of drug-likeness (QED) is 0.576. The Morgan fingerprint density at radius 1 is 1.50 bits per heavy atom. The monoisotopic (exact) mass is 326 g/mol. The maximum absolute atomic E-state index is 12.0. The second-order valence-electron chi connectivity index (χ2n) is 3.63. The fraction of sp³-hybridized carbons (Fsp3) is 0.556. The molecule has 0 aromatic carbocycles. The van der Waals surface area contributed by atoms with Gasteiger partial charge in [0.05, 0.1) is 13.0 Å². The van der Waals surface area contributed by atoms with Gasteiger partial charge in [0.1, 0.15) is 0 Å². The highest BCUT2D eigenvalue weighted by Gasteiger charge is 2.34. The minimum Gasteiger partial charge on any atom is -0.475 e. The van der Waals surface area contributed by atoms with Gasteiger partial charge in [-0.05, 0) is 15.9 Å². The Labute approximate surface area is 110 Å². The van der Waals surface area contributed by atoms with E-state index < -0.39 is 19.2 Å². The molecule has 100 valence electrons. The number of hydrazine groups is 1. The lowest BCUT2D eigenvalue weighted by molar-refractivity contribution is -0.140. The van der Waals surface area contributed by atoms with Crippen molar-refractivity contribution in [1.29, 1.82) is 0 Å². The number of alkyl halides is 4. The van der Waals surface area contributed by atoms with Crippen LogP contribution in [0.5, 0.6) is 0 Å². The zero-order valence-corrected chi connectivity index (χ0v) is 10.9. The average molecular weight is 327 g/mol. The molecule has 0 aromatic heterocycles. The molecule has 2 heterocycles. The SMILES string of the molecule is CN1C(Br)N=C2C(OCCC(F)(F)F)=NC=CN21. The first-order chi connectivity index (χ1) is 8.38. The van der Waals surface area contributed by atoms with Crippen molar-refractivity contribution >= 4 is 27.7 Å². The maximum atomic E-state index is 12.0. The van der Waals surface area contributed by atoms with Gasteiger partial charge >= 0.3 is 6.18 Å². The summed E-state index contributed by atoms with van der Waals surface area (Å²) in [6.07, 6.45) is -2.16. The zero-order valence-electron chi connectivity index (χ0n) is 9.36. The molecular formula is C9H10BrF3N4O. The summed E-state index contributed by atoms with van der Waals surface area (Å²) in [5, 5.41) is 3.11. The van der Waals surface area contributed by atoms with Crippen LogP contribution in [0.25, 0.3) is 0 Å². The van der Waals surface area contributed by atoms with Crippen molar-refractivity contribution in [3.63, 3.8) is 0 Å². The molecule has 18 heavy (non-hydrogen) atoms. The first kappa shape index (κ1) is 13.3. The van der Waals surface area contributed by atoms with Gasteiger partial charge in [-0.15, -0.1) is 0 Å². The van der Waals surface area contributed by atoms with Gasteiger partial charge < -0.3 is 4.74 Å². The van der Waals surface area contributed by atoms with Crippen molar-refractivity contribution in [3.8, 4) is 0 Å².